The summed E-state index contributed by atoms with van der Waals surface area (Å²) in [5.41, 5.74) is 0.472. The van der Waals surface area contributed by atoms with Gasteiger partial charge in [0.05, 0.1) is 0 Å². The number of hydrogen-bond donors (Lipinski definition) is 1. The molecule has 0 aliphatic heterocycles. The summed E-state index contributed by atoms with van der Waals surface area (Å²) in [5, 5.41) is 3.65. The average molecular weight is 213 g/mol. The van der Waals surface area contributed by atoms with Gasteiger partial charge >= 0.3 is 0 Å². The Morgan fingerprint density at radius 3 is 2.60 bits per heavy atom. The van der Waals surface area contributed by atoms with Crippen molar-refractivity contribution in [2.45, 2.75) is 58.9 Å². The fourth-order valence-corrected chi connectivity index (χ4v) is 1.81. The van der Waals surface area contributed by atoms with Gasteiger partial charge in [-0.3, -0.25) is 0 Å². The summed E-state index contributed by atoms with van der Waals surface area (Å²) in [6, 6.07) is 0.836. The molecule has 0 spiro atoms. The van der Waals surface area contributed by atoms with E-state index in [9.17, 15) is 0 Å². The molecule has 0 amide bonds. The van der Waals surface area contributed by atoms with E-state index in [4.69, 9.17) is 4.74 Å². The van der Waals surface area contributed by atoms with Crippen molar-refractivity contribution in [1.29, 1.82) is 0 Å². The Morgan fingerprint density at radius 2 is 2.07 bits per heavy atom. The molecule has 2 nitrogen and oxygen atoms in total. The van der Waals surface area contributed by atoms with Gasteiger partial charge in [0.1, 0.15) is 0 Å². The molecule has 1 rings (SSSR count). The fourth-order valence-electron chi connectivity index (χ4n) is 1.81. The normalized spacial score (nSPS) is 20.2. The van der Waals surface area contributed by atoms with Crippen LogP contribution in [0, 0.1) is 5.41 Å². The number of hydrogen-bond acceptors (Lipinski definition) is 2. The summed E-state index contributed by atoms with van der Waals surface area (Å²) >= 11 is 0. The second-order valence-corrected chi connectivity index (χ2v) is 5.12. The van der Waals surface area contributed by atoms with Crippen molar-refractivity contribution in [1.82, 2.24) is 5.32 Å². The van der Waals surface area contributed by atoms with Crippen LogP contribution in [0.3, 0.4) is 0 Å². The van der Waals surface area contributed by atoms with Gasteiger partial charge in [0.15, 0.2) is 0 Å². The predicted octanol–water partition coefficient (Wildman–Crippen LogP) is 2.97. The predicted molar refractivity (Wildman–Crippen MR) is 65.1 cm³/mol. The van der Waals surface area contributed by atoms with Gasteiger partial charge in [-0.15, -0.1) is 0 Å². The smallest absolute Gasteiger partial charge is 0.0466 e. The fraction of sp³-hybridized carbons (Fsp3) is 1.00. The van der Waals surface area contributed by atoms with E-state index in [1.807, 2.05) is 0 Å². The van der Waals surface area contributed by atoms with Crippen molar-refractivity contribution in [2.75, 3.05) is 19.8 Å². The quantitative estimate of drug-likeness (QED) is 0.595. The molecule has 0 aromatic rings. The highest BCUT2D eigenvalue weighted by Crippen LogP contribution is 2.28. The second kappa shape index (κ2) is 6.49. The molecule has 0 heterocycles. The van der Waals surface area contributed by atoms with Crippen LogP contribution >= 0.6 is 0 Å². The summed E-state index contributed by atoms with van der Waals surface area (Å²) < 4.78 is 5.39. The standard InChI is InChI=1S/C13H27NO/c1-4-13(3,9-6-10-15-5-2)11-14-12-7-8-12/h12,14H,4-11H2,1-3H3. The Labute approximate surface area is 94.8 Å². The molecular formula is C13H27NO. The van der Waals surface area contributed by atoms with Crippen molar-refractivity contribution in [3.63, 3.8) is 0 Å². The molecule has 1 aliphatic carbocycles. The third-order valence-electron chi connectivity index (χ3n) is 3.52. The third-order valence-corrected chi connectivity index (χ3v) is 3.52. The van der Waals surface area contributed by atoms with Crippen LogP contribution in [0.15, 0.2) is 0 Å². The number of nitrogens with one attached hydrogen (secondary N) is 1. The Kier molecular flexibility index (Phi) is 5.62. The van der Waals surface area contributed by atoms with Gasteiger partial charge in [-0.2, -0.15) is 0 Å². The van der Waals surface area contributed by atoms with Gasteiger partial charge in [0, 0.05) is 25.8 Å². The summed E-state index contributed by atoms with van der Waals surface area (Å²) in [6.07, 6.45) is 6.52. The zero-order valence-corrected chi connectivity index (χ0v) is 10.6. The molecule has 1 N–H and O–H groups in total. The second-order valence-electron chi connectivity index (χ2n) is 5.12. The first kappa shape index (κ1) is 13.0. The van der Waals surface area contributed by atoms with Crippen molar-refractivity contribution in [2.24, 2.45) is 5.41 Å². The molecule has 0 aromatic carbocycles. The topological polar surface area (TPSA) is 21.3 Å². The van der Waals surface area contributed by atoms with E-state index in [0.29, 0.717) is 5.41 Å². The summed E-state index contributed by atoms with van der Waals surface area (Å²) in [5.74, 6) is 0. The molecule has 1 fully saturated rings. The van der Waals surface area contributed by atoms with E-state index < -0.39 is 0 Å². The first-order valence-electron chi connectivity index (χ1n) is 6.51. The first-order chi connectivity index (χ1) is 7.20. The van der Waals surface area contributed by atoms with Crippen molar-refractivity contribution < 1.29 is 4.74 Å². The zero-order chi connectivity index (χ0) is 11.1. The highest BCUT2D eigenvalue weighted by molar-refractivity contribution is 4.85. The Bertz CT molecular complexity index is 168. The minimum Gasteiger partial charge on any atom is -0.382 e. The monoisotopic (exact) mass is 213 g/mol. The molecule has 0 bridgehead atoms. The van der Waals surface area contributed by atoms with Gasteiger partial charge in [-0.25, -0.2) is 0 Å². The van der Waals surface area contributed by atoms with E-state index in [0.717, 1.165) is 19.3 Å². The van der Waals surface area contributed by atoms with Gasteiger partial charge in [0.2, 0.25) is 0 Å². The summed E-state index contributed by atoms with van der Waals surface area (Å²) in [7, 11) is 0. The van der Waals surface area contributed by atoms with Gasteiger partial charge in [-0.1, -0.05) is 13.8 Å². The van der Waals surface area contributed by atoms with Crippen LogP contribution in [-0.4, -0.2) is 25.8 Å². The number of ether oxygens (including phenoxy) is 1. The van der Waals surface area contributed by atoms with Crippen molar-refractivity contribution in [3.8, 4) is 0 Å². The van der Waals surface area contributed by atoms with Crippen LogP contribution in [0.25, 0.3) is 0 Å². The maximum Gasteiger partial charge on any atom is 0.0466 e. The molecule has 1 saturated carbocycles. The van der Waals surface area contributed by atoms with Crippen LogP contribution in [0.1, 0.15) is 52.9 Å². The molecule has 0 saturated heterocycles. The van der Waals surface area contributed by atoms with E-state index in [1.54, 1.807) is 0 Å². The Hall–Kier alpha value is -0.0800. The van der Waals surface area contributed by atoms with E-state index in [1.165, 1.54) is 38.6 Å². The molecule has 0 radical (unpaired) electrons. The zero-order valence-electron chi connectivity index (χ0n) is 10.6. The molecular weight excluding hydrogens is 186 g/mol. The van der Waals surface area contributed by atoms with Crippen LogP contribution < -0.4 is 5.32 Å². The molecule has 15 heavy (non-hydrogen) atoms. The van der Waals surface area contributed by atoms with Crippen LogP contribution in [0.4, 0.5) is 0 Å². The van der Waals surface area contributed by atoms with E-state index >= 15 is 0 Å². The molecule has 90 valence electrons. The van der Waals surface area contributed by atoms with Crippen molar-refractivity contribution in [3.05, 3.63) is 0 Å². The molecule has 1 aliphatic rings. The highest BCUT2D eigenvalue weighted by Gasteiger charge is 2.26. The van der Waals surface area contributed by atoms with Gasteiger partial charge in [-0.05, 0) is 44.4 Å². The first-order valence-corrected chi connectivity index (χ1v) is 6.51. The number of rotatable bonds is 9. The molecule has 0 aromatic heterocycles. The lowest BCUT2D eigenvalue weighted by Crippen LogP contribution is -2.33. The lowest BCUT2D eigenvalue weighted by atomic mass is 9.83. The summed E-state index contributed by atoms with van der Waals surface area (Å²) in [6.45, 7) is 9.72. The molecule has 2 heteroatoms. The van der Waals surface area contributed by atoms with Gasteiger partial charge in [0.25, 0.3) is 0 Å². The Balaban J connectivity index is 2.11. The molecule has 1 unspecified atom stereocenters. The maximum atomic E-state index is 5.39. The largest absolute Gasteiger partial charge is 0.382 e. The van der Waals surface area contributed by atoms with E-state index in [2.05, 4.69) is 26.1 Å². The van der Waals surface area contributed by atoms with Gasteiger partial charge < -0.3 is 10.1 Å². The third kappa shape index (κ3) is 5.53. The van der Waals surface area contributed by atoms with Crippen molar-refractivity contribution >= 4 is 0 Å². The highest BCUT2D eigenvalue weighted by atomic mass is 16.5. The Morgan fingerprint density at radius 1 is 1.33 bits per heavy atom. The lowest BCUT2D eigenvalue weighted by Gasteiger charge is -2.28. The van der Waals surface area contributed by atoms with Crippen LogP contribution in [0.2, 0.25) is 0 Å². The average Bonchev–Trinajstić information content (AvgIpc) is 3.06. The van der Waals surface area contributed by atoms with Crippen LogP contribution in [-0.2, 0) is 4.74 Å². The molecule has 1 atom stereocenters. The maximum absolute atomic E-state index is 5.39. The summed E-state index contributed by atoms with van der Waals surface area (Å²) in [4.78, 5) is 0. The van der Waals surface area contributed by atoms with E-state index in [-0.39, 0.29) is 0 Å². The minimum atomic E-state index is 0.472. The minimum absolute atomic E-state index is 0.472. The lowest BCUT2D eigenvalue weighted by molar-refractivity contribution is 0.128. The van der Waals surface area contributed by atoms with Crippen LogP contribution in [0.5, 0.6) is 0 Å². The SMILES string of the molecule is CCOCCCC(C)(CC)CNC1CC1.